The van der Waals surface area contributed by atoms with Crippen LogP contribution in [0.2, 0.25) is 0 Å². The van der Waals surface area contributed by atoms with Crippen LogP contribution in [0.1, 0.15) is 10.4 Å². The fourth-order valence-corrected chi connectivity index (χ4v) is 2.74. The van der Waals surface area contributed by atoms with Crippen molar-refractivity contribution in [3.05, 3.63) is 58.5 Å². The van der Waals surface area contributed by atoms with Crippen LogP contribution in [0.4, 0.5) is 5.69 Å². The number of anilines is 1. The van der Waals surface area contributed by atoms with Crippen LogP contribution >= 0.6 is 11.3 Å². The van der Waals surface area contributed by atoms with Crippen LogP contribution in [0, 0.1) is 11.3 Å². The lowest BCUT2D eigenvalue weighted by atomic mass is 10.1. The highest BCUT2D eigenvalue weighted by atomic mass is 32.1. The molecule has 0 spiro atoms. The molecule has 0 saturated heterocycles. The van der Waals surface area contributed by atoms with Crippen molar-refractivity contribution >= 4 is 27.8 Å². The Morgan fingerprint density at radius 3 is 3.11 bits per heavy atom. The summed E-state index contributed by atoms with van der Waals surface area (Å²) in [4.78, 5) is 5.28. The molecule has 2 aromatic heterocycles. The average molecular weight is 265 g/mol. The molecule has 3 nitrogen and oxygen atoms in total. The summed E-state index contributed by atoms with van der Waals surface area (Å²) in [5.74, 6) is 0. The molecule has 0 unspecified atom stereocenters. The third kappa shape index (κ3) is 2.42. The zero-order valence-corrected chi connectivity index (χ0v) is 10.9. The van der Waals surface area contributed by atoms with E-state index in [0.717, 1.165) is 33.4 Å². The highest BCUT2D eigenvalue weighted by Crippen LogP contribution is 2.23. The number of benzene rings is 1. The Morgan fingerprint density at radius 1 is 1.32 bits per heavy atom. The molecule has 0 saturated carbocycles. The molecule has 0 amide bonds. The number of rotatable bonds is 3. The fraction of sp³-hybridized carbons (Fsp3) is 0.0667. The van der Waals surface area contributed by atoms with Crippen molar-refractivity contribution in [1.29, 1.82) is 5.26 Å². The minimum atomic E-state index is 0.726. The first-order chi connectivity index (χ1) is 9.36. The van der Waals surface area contributed by atoms with E-state index in [2.05, 4.69) is 22.4 Å². The molecule has 0 aliphatic rings. The third-order valence-electron chi connectivity index (χ3n) is 2.92. The standard InChI is InChI=1S/C15H11N3S/c16-7-11-6-13(19-10-11)9-18-15-3-1-2-12-8-17-5-4-14(12)15/h1-6,8,10,18H,9H2. The molecule has 0 atom stereocenters. The molecule has 0 bridgehead atoms. The molecule has 3 rings (SSSR count). The third-order valence-corrected chi connectivity index (χ3v) is 3.85. The zero-order valence-electron chi connectivity index (χ0n) is 10.1. The van der Waals surface area contributed by atoms with Crippen molar-refractivity contribution in [2.24, 2.45) is 0 Å². The van der Waals surface area contributed by atoms with Gasteiger partial charge < -0.3 is 5.32 Å². The summed E-state index contributed by atoms with van der Waals surface area (Å²) in [7, 11) is 0. The molecule has 3 aromatic rings. The van der Waals surface area contributed by atoms with Crippen LogP contribution in [0.3, 0.4) is 0 Å². The SMILES string of the molecule is N#Cc1csc(CNc2cccc3cnccc23)c1. The molecular formula is C15H11N3S. The van der Waals surface area contributed by atoms with Crippen LogP contribution in [-0.4, -0.2) is 4.98 Å². The van der Waals surface area contributed by atoms with E-state index in [4.69, 9.17) is 5.26 Å². The van der Waals surface area contributed by atoms with Gasteiger partial charge in [-0.05, 0) is 18.2 Å². The molecule has 1 N–H and O–H groups in total. The lowest BCUT2D eigenvalue weighted by Crippen LogP contribution is -1.98. The summed E-state index contributed by atoms with van der Waals surface area (Å²) >= 11 is 1.60. The zero-order chi connectivity index (χ0) is 13.1. The topological polar surface area (TPSA) is 48.7 Å². The minimum Gasteiger partial charge on any atom is -0.380 e. The molecule has 92 valence electrons. The Morgan fingerprint density at radius 2 is 2.26 bits per heavy atom. The van der Waals surface area contributed by atoms with Crippen LogP contribution in [0.25, 0.3) is 10.8 Å². The number of nitriles is 1. The number of hydrogen-bond acceptors (Lipinski definition) is 4. The predicted molar refractivity (Wildman–Crippen MR) is 78.1 cm³/mol. The van der Waals surface area contributed by atoms with Gasteiger partial charge >= 0.3 is 0 Å². The highest BCUT2D eigenvalue weighted by Gasteiger charge is 2.02. The normalized spacial score (nSPS) is 10.3. The summed E-state index contributed by atoms with van der Waals surface area (Å²) in [5, 5.41) is 16.4. The van der Waals surface area contributed by atoms with Crippen molar-refractivity contribution in [2.75, 3.05) is 5.32 Å². The molecule has 1 aromatic carbocycles. The van der Waals surface area contributed by atoms with Gasteiger partial charge in [-0.25, -0.2) is 0 Å². The summed E-state index contributed by atoms with van der Waals surface area (Å²) < 4.78 is 0. The Hall–Kier alpha value is -2.38. The van der Waals surface area contributed by atoms with Crippen molar-refractivity contribution in [2.45, 2.75) is 6.54 Å². The molecule has 0 aliphatic heterocycles. The van der Waals surface area contributed by atoms with Crippen molar-refractivity contribution in [3.8, 4) is 6.07 Å². The Labute approximate surface area is 115 Å². The van der Waals surface area contributed by atoms with Gasteiger partial charge in [0.25, 0.3) is 0 Å². The number of nitrogens with one attached hydrogen (secondary N) is 1. The monoisotopic (exact) mass is 265 g/mol. The van der Waals surface area contributed by atoms with E-state index in [1.807, 2.05) is 35.8 Å². The first-order valence-electron chi connectivity index (χ1n) is 5.91. The summed E-state index contributed by atoms with van der Waals surface area (Å²) in [5.41, 5.74) is 1.82. The average Bonchev–Trinajstić information content (AvgIpc) is 2.93. The van der Waals surface area contributed by atoms with Gasteiger partial charge in [0.15, 0.2) is 0 Å². The van der Waals surface area contributed by atoms with E-state index in [1.54, 1.807) is 17.5 Å². The Bertz CT molecular complexity index is 750. The van der Waals surface area contributed by atoms with E-state index in [0.29, 0.717) is 0 Å². The van der Waals surface area contributed by atoms with Gasteiger partial charge in [0.1, 0.15) is 6.07 Å². The largest absolute Gasteiger partial charge is 0.380 e. The van der Waals surface area contributed by atoms with Crippen molar-refractivity contribution in [1.82, 2.24) is 4.98 Å². The first-order valence-corrected chi connectivity index (χ1v) is 6.79. The minimum absolute atomic E-state index is 0.726. The van der Waals surface area contributed by atoms with Gasteiger partial charge in [0.2, 0.25) is 0 Å². The Kier molecular flexibility index (Phi) is 3.13. The maximum Gasteiger partial charge on any atom is 0.100 e. The first kappa shape index (κ1) is 11.7. The van der Waals surface area contributed by atoms with Gasteiger partial charge in [0.05, 0.1) is 5.56 Å². The quantitative estimate of drug-likeness (QED) is 0.784. The summed E-state index contributed by atoms with van der Waals surface area (Å²) in [6.07, 6.45) is 3.66. The molecule has 0 radical (unpaired) electrons. The second kappa shape index (κ2) is 5.09. The predicted octanol–water partition coefficient (Wildman–Crippen LogP) is 3.78. The molecule has 0 aliphatic carbocycles. The van der Waals surface area contributed by atoms with Crippen LogP contribution < -0.4 is 5.32 Å². The maximum atomic E-state index is 8.81. The molecule has 4 heteroatoms. The molecule has 0 fully saturated rings. The summed E-state index contributed by atoms with van der Waals surface area (Å²) in [6.45, 7) is 0.730. The van der Waals surface area contributed by atoms with Crippen molar-refractivity contribution in [3.63, 3.8) is 0 Å². The van der Waals surface area contributed by atoms with Gasteiger partial charge in [-0.15, -0.1) is 11.3 Å². The smallest absolute Gasteiger partial charge is 0.100 e. The van der Waals surface area contributed by atoms with E-state index in [-0.39, 0.29) is 0 Å². The molecule has 19 heavy (non-hydrogen) atoms. The van der Waals surface area contributed by atoms with Crippen molar-refractivity contribution < 1.29 is 0 Å². The van der Waals surface area contributed by atoms with Crippen LogP contribution in [0.5, 0.6) is 0 Å². The number of pyridine rings is 1. The number of aromatic nitrogens is 1. The van der Waals surface area contributed by atoms with E-state index >= 15 is 0 Å². The second-order valence-corrected chi connectivity index (χ2v) is 5.17. The van der Waals surface area contributed by atoms with Gasteiger partial charge in [-0.1, -0.05) is 12.1 Å². The van der Waals surface area contributed by atoms with E-state index < -0.39 is 0 Å². The highest BCUT2D eigenvalue weighted by molar-refractivity contribution is 7.10. The lowest BCUT2D eigenvalue weighted by molar-refractivity contribution is 1.20. The number of nitrogens with zero attached hydrogens (tertiary/aromatic N) is 2. The number of thiophene rings is 1. The summed E-state index contributed by atoms with van der Waals surface area (Å²) in [6, 6.07) is 12.2. The Balaban J connectivity index is 1.84. The van der Waals surface area contributed by atoms with E-state index in [9.17, 15) is 0 Å². The lowest BCUT2D eigenvalue weighted by Gasteiger charge is -2.08. The van der Waals surface area contributed by atoms with Crippen LogP contribution in [0.15, 0.2) is 48.1 Å². The maximum absolute atomic E-state index is 8.81. The van der Waals surface area contributed by atoms with Gasteiger partial charge in [-0.2, -0.15) is 5.26 Å². The van der Waals surface area contributed by atoms with E-state index in [1.165, 1.54) is 0 Å². The number of hydrogen-bond donors (Lipinski definition) is 1. The van der Waals surface area contributed by atoms with Gasteiger partial charge in [-0.3, -0.25) is 4.98 Å². The molecule has 2 heterocycles. The second-order valence-electron chi connectivity index (χ2n) is 4.17. The fourth-order valence-electron chi connectivity index (χ4n) is 1.99. The van der Waals surface area contributed by atoms with Gasteiger partial charge in [0, 0.05) is 45.7 Å². The molecular weight excluding hydrogens is 254 g/mol. The van der Waals surface area contributed by atoms with Crippen LogP contribution in [-0.2, 0) is 6.54 Å². The number of fused-ring (bicyclic) bond motifs is 1.